The molecular formula is C6H13N3O. The topological polar surface area (TPSA) is 61.8 Å². The van der Waals surface area contributed by atoms with Crippen LogP contribution in [0.1, 0.15) is 13.3 Å². The number of rotatable bonds is 0. The lowest BCUT2D eigenvalue weighted by molar-refractivity contribution is 0.304. The van der Waals surface area contributed by atoms with Crippen molar-refractivity contribution in [3.63, 3.8) is 0 Å². The van der Waals surface area contributed by atoms with Gasteiger partial charge in [0, 0.05) is 13.1 Å². The normalized spacial score (nSPS) is 27.5. The van der Waals surface area contributed by atoms with Gasteiger partial charge >= 0.3 is 0 Å². The van der Waals surface area contributed by atoms with Crippen LogP contribution in [0, 0.1) is 5.92 Å². The maximum absolute atomic E-state index is 8.30. The molecule has 0 aliphatic carbocycles. The summed E-state index contributed by atoms with van der Waals surface area (Å²) in [6.07, 6.45) is 1.14. The predicted molar refractivity (Wildman–Crippen MR) is 38.8 cm³/mol. The fourth-order valence-electron chi connectivity index (χ4n) is 1.21. The average Bonchev–Trinajstić information content (AvgIpc) is 2.34. The Morgan fingerprint density at radius 1 is 1.80 bits per heavy atom. The van der Waals surface area contributed by atoms with Gasteiger partial charge in [-0.3, -0.25) is 0 Å². The number of hydrogen-bond acceptors (Lipinski definition) is 2. The Morgan fingerprint density at radius 2 is 2.50 bits per heavy atom. The van der Waals surface area contributed by atoms with E-state index in [9.17, 15) is 0 Å². The molecule has 0 aromatic rings. The molecule has 1 unspecified atom stereocenters. The van der Waals surface area contributed by atoms with Crippen molar-refractivity contribution >= 4 is 5.96 Å². The molecule has 1 aliphatic rings. The minimum Gasteiger partial charge on any atom is -0.408 e. The molecule has 0 radical (unpaired) electrons. The Hall–Kier alpha value is -0.930. The Morgan fingerprint density at radius 3 is 2.90 bits per heavy atom. The van der Waals surface area contributed by atoms with Gasteiger partial charge in [-0.1, -0.05) is 12.1 Å². The van der Waals surface area contributed by atoms with Crippen LogP contribution in [0.4, 0.5) is 0 Å². The number of guanidine groups is 1. The van der Waals surface area contributed by atoms with Gasteiger partial charge in [0.15, 0.2) is 0 Å². The highest BCUT2D eigenvalue weighted by Crippen LogP contribution is 2.13. The lowest BCUT2D eigenvalue weighted by Crippen LogP contribution is -2.35. The van der Waals surface area contributed by atoms with E-state index in [1.807, 2.05) is 4.90 Å². The lowest BCUT2D eigenvalue weighted by Gasteiger charge is -2.13. The van der Waals surface area contributed by atoms with E-state index in [1.54, 1.807) is 0 Å². The third-order valence-corrected chi connectivity index (χ3v) is 1.85. The summed E-state index contributed by atoms with van der Waals surface area (Å²) in [6.45, 7) is 3.98. The first kappa shape index (κ1) is 7.18. The quantitative estimate of drug-likeness (QED) is 0.218. The number of oxime groups is 1. The molecule has 3 N–H and O–H groups in total. The second kappa shape index (κ2) is 2.77. The summed E-state index contributed by atoms with van der Waals surface area (Å²) < 4.78 is 0. The third kappa shape index (κ3) is 1.32. The molecule has 1 rings (SSSR count). The van der Waals surface area contributed by atoms with Crippen molar-refractivity contribution in [2.75, 3.05) is 13.1 Å². The average molecular weight is 143 g/mol. The van der Waals surface area contributed by atoms with Crippen molar-refractivity contribution in [2.45, 2.75) is 13.3 Å². The zero-order valence-electron chi connectivity index (χ0n) is 6.12. The molecule has 1 aliphatic heterocycles. The molecule has 1 fully saturated rings. The van der Waals surface area contributed by atoms with E-state index in [0.29, 0.717) is 5.92 Å². The fourth-order valence-corrected chi connectivity index (χ4v) is 1.21. The maximum Gasteiger partial charge on any atom is 0.233 e. The summed E-state index contributed by atoms with van der Waals surface area (Å²) in [5, 5.41) is 11.2. The smallest absolute Gasteiger partial charge is 0.233 e. The van der Waals surface area contributed by atoms with Crippen LogP contribution in [0.2, 0.25) is 0 Å². The predicted octanol–water partition coefficient (Wildman–Crippen LogP) is 0.0321. The molecule has 0 bridgehead atoms. The van der Waals surface area contributed by atoms with Crippen LogP contribution in [-0.4, -0.2) is 29.2 Å². The SMILES string of the molecule is CC1CCN(/C(N)=N/O)C1. The largest absolute Gasteiger partial charge is 0.408 e. The van der Waals surface area contributed by atoms with Crippen molar-refractivity contribution < 1.29 is 5.21 Å². The van der Waals surface area contributed by atoms with Crippen LogP contribution >= 0.6 is 0 Å². The van der Waals surface area contributed by atoms with Gasteiger partial charge in [-0.2, -0.15) is 0 Å². The summed E-state index contributed by atoms with van der Waals surface area (Å²) >= 11 is 0. The van der Waals surface area contributed by atoms with Gasteiger partial charge < -0.3 is 15.8 Å². The molecule has 1 heterocycles. The first-order valence-corrected chi connectivity index (χ1v) is 3.46. The van der Waals surface area contributed by atoms with Crippen molar-refractivity contribution in [2.24, 2.45) is 16.8 Å². The summed E-state index contributed by atoms with van der Waals surface area (Å²) in [4.78, 5) is 1.88. The van der Waals surface area contributed by atoms with Gasteiger partial charge in [-0.25, -0.2) is 0 Å². The van der Waals surface area contributed by atoms with E-state index in [2.05, 4.69) is 12.1 Å². The number of likely N-dealkylation sites (tertiary alicyclic amines) is 1. The monoisotopic (exact) mass is 143 g/mol. The Labute approximate surface area is 60.3 Å². The van der Waals surface area contributed by atoms with Crippen molar-refractivity contribution in [3.8, 4) is 0 Å². The Balaban J connectivity index is 2.45. The second-order valence-electron chi connectivity index (χ2n) is 2.80. The summed E-state index contributed by atoms with van der Waals surface area (Å²) in [5.41, 5.74) is 5.37. The zero-order valence-corrected chi connectivity index (χ0v) is 6.12. The summed E-state index contributed by atoms with van der Waals surface area (Å²) in [6, 6.07) is 0. The molecule has 4 nitrogen and oxygen atoms in total. The third-order valence-electron chi connectivity index (χ3n) is 1.85. The van der Waals surface area contributed by atoms with Crippen molar-refractivity contribution in [1.29, 1.82) is 0 Å². The van der Waals surface area contributed by atoms with E-state index in [-0.39, 0.29) is 5.96 Å². The molecule has 0 amide bonds. The molecule has 4 heteroatoms. The zero-order chi connectivity index (χ0) is 7.56. The Bertz CT molecular complexity index is 146. The number of nitrogens with zero attached hydrogens (tertiary/aromatic N) is 2. The second-order valence-corrected chi connectivity index (χ2v) is 2.80. The van der Waals surface area contributed by atoms with E-state index < -0.39 is 0 Å². The molecule has 0 aromatic carbocycles. The standard InChI is InChI=1S/C6H13N3O/c1-5-2-3-9(4-5)6(7)8-10/h5,10H,2-4H2,1H3,(H2,7,8). The highest BCUT2D eigenvalue weighted by molar-refractivity contribution is 5.77. The highest BCUT2D eigenvalue weighted by atomic mass is 16.4. The summed E-state index contributed by atoms with van der Waals surface area (Å²) in [5.74, 6) is 0.907. The minimum absolute atomic E-state index is 0.240. The molecule has 10 heavy (non-hydrogen) atoms. The molecule has 58 valence electrons. The van der Waals surface area contributed by atoms with Gasteiger partial charge in [0.25, 0.3) is 0 Å². The van der Waals surface area contributed by atoms with Gasteiger partial charge in [-0.15, -0.1) is 0 Å². The van der Waals surface area contributed by atoms with Gasteiger partial charge in [0.2, 0.25) is 5.96 Å². The van der Waals surface area contributed by atoms with Gasteiger partial charge in [0.1, 0.15) is 0 Å². The molecule has 0 aromatic heterocycles. The minimum atomic E-state index is 0.240. The van der Waals surface area contributed by atoms with Crippen molar-refractivity contribution in [3.05, 3.63) is 0 Å². The molecule has 0 saturated carbocycles. The van der Waals surface area contributed by atoms with Crippen LogP contribution in [0.3, 0.4) is 0 Å². The molecule has 1 atom stereocenters. The molecule has 0 spiro atoms. The van der Waals surface area contributed by atoms with Crippen LogP contribution in [0.15, 0.2) is 5.16 Å². The fraction of sp³-hybridized carbons (Fsp3) is 0.833. The highest BCUT2D eigenvalue weighted by Gasteiger charge is 2.19. The van der Waals surface area contributed by atoms with Crippen LogP contribution in [0.25, 0.3) is 0 Å². The van der Waals surface area contributed by atoms with Crippen LogP contribution in [0.5, 0.6) is 0 Å². The number of nitrogens with two attached hydrogens (primary N) is 1. The summed E-state index contributed by atoms with van der Waals surface area (Å²) in [7, 11) is 0. The molecule has 1 saturated heterocycles. The van der Waals surface area contributed by atoms with Crippen LogP contribution < -0.4 is 5.73 Å². The first-order chi connectivity index (χ1) is 4.74. The number of hydrogen-bond donors (Lipinski definition) is 2. The maximum atomic E-state index is 8.30. The Kier molecular flexibility index (Phi) is 1.99. The molecular weight excluding hydrogens is 130 g/mol. The van der Waals surface area contributed by atoms with Gasteiger partial charge in [0.05, 0.1) is 0 Å². The first-order valence-electron chi connectivity index (χ1n) is 3.46. The van der Waals surface area contributed by atoms with Crippen LogP contribution in [-0.2, 0) is 0 Å². The van der Waals surface area contributed by atoms with E-state index >= 15 is 0 Å². The lowest BCUT2D eigenvalue weighted by atomic mass is 10.2. The van der Waals surface area contributed by atoms with E-state index in [1.165, 1.54) is 0 Å². The van der Waals surface area contributed by atoms with Crippen molar-refractivity contribution in [1.82, 2.24) is 4.90 Å². The van der Waals surface area contributed by atoms with E-state index in [4.69, 9.17) is 10.9 Å². The van der Waals surface area contributed by atoms with Gasteiger partial charge in [-0.05, 0) is 12.3 Å². The van der Waals surface area contributed by atoms with E-state index in [0.717, 1.165) is 19.5 Å².